The third-order valence-corrected chi connectivity index (χ3v) is 6.46. The van der Waals surface area contributed by atoms with Crippen LogP contribution in [0.25, 0.3) is 20.1 Å². The number of nitrogens with one attached hydrogen (secondary N) is 1. The molecule has 4 nitrogen and oxygen atoms in total. The first-order valence-corrected chi connectivity index (χ1v) is 9.92. The second-order valence-corrected chi connectivity index (χ2v) is 8.56. The van der Waals surface area contributed by atoms with Gasteiger partial charge >= 0.3 is 0 Å². The van der Waals surface area contributed by atoms with Crippen molar-refractivity contribution in [3.63, 3.8) is 0 Å². The van der Waals surface area contributed by atoms with E-state index in [1.165, 1.54) is 34.0 Å². The van der Waals surface area contributed by atoms with Crippen molar-refractivity contribution < 1.29 is 4.79 Å². The SMILES string of the molecule is O=C(Cc1csc(-c2ccc(Cl)s2)n1)Nc1nc2ccccc2s1. The van der Waals surface area contributed by atoms with E-state index in [9.17, 15) is 4.79 Å². The second-order valence-electron chi connectivity index (χ2n) is 4.96. The standard InChI is InChI=1S/C16H10ClN3OS3/c17-13-6-5-12(23-13)15-18-9(8-22-15)7-14(21)20-16-19-10-3-1-2-4-11(10)24-16/h1-6,8H,7H2,(H,19,20,21). The molecule has 3 heterocycles. The maximum absolute atomic E-state index is 12.2. The molecule has 120 valence electrons. The molecule has 4 aromatic rings. The molecular formula is C16H10ClN3OS3. The molecule has 0 atom stereocenters. The smallest absolute Gasteiger partial charge is 0.232 e. The van der Waals surface area contributed by atoms with Crippen LogP contribution in [0.4, 0.5) is 5.13 Å². The van der Waals surface area contributed by atoms with Crippen molar-refractivity contribution >= 4 is 66.9 Å². The minimum atomic E-state index is -0.116. The lowest BCUT2D eigenvalue weighted by Gasteiger charge is -1.98. The van der Waals surface area contributed by atoms with Crippen LogP contribution in [0, 0.1) is 0 Å². The summed E-state index contributed by atoms with van der Waals surface area (Å²) in [5.41, 5.74) is 1.64. The predicted octanol–water partition coefficient (Wildman–Crippen LogP) is 5.32. The van der Waals surface area contributed by atoms with Crippen LogP contribution in [0.15, 0.2) is 41.8 Å². The third-order valence-electron chi connectivity index (χ3n) is 3.22. The van der Waals surface area contributed by atoms with E-state index in [2.05, 4.69) is 15.3 Å². The molecule has 8 heteroatoms. The number of hydrogen-bond donors (Lipinski definition) is 1. The topological polar surface area (TPSA) is 54.9 Å². The number of carbonyl (C=O) groups is 1. The minimum absolute atomic E-state index is 0.116. The number of aromatic nitrogens is 2. The molecular weight excluding hydrogens is 382 g/mol. The van der Waals surface area contributed by atoms with Crippen LogP contribution in [-0.4, -0.2) is 15.9 Å². The van der Waals surface area contributed by atoms with Gasteiger partial charge in [0, 0.05) is 5.38 Å². The van der Waals surface area contributed by atoms with E-state index in [1.807, 2.05) is 41.8 Å². The largest absolute Gasteiger partial charge is 0.302 e. The van der Waals surface area contributed by atoms with Gasteiger partial charge < -0.3 is 5.32 Å². The van der Waals surface area contributed by atoms with Crippen molar-refractivity contribution in [3.05, 3.63) is 51.8 Å². The summed E-state index contributed by atoms with van der Waals surface area (Å²) in [4.78, 5) is 22.1. The zero-order valence-corrected chi connectivity index (χ0v) is 15.4. The van der Waals surface area contributed by atoms with Gasteiger partial charge in [-0.2, -0.15) is 0 Å². The maximum Gasteiger partial charge on any atom is 0.232 e. The van der Waals surface area contributed by atoms with Gasteiger partial charge in [-0.15, -0.1) is 22.7 Å². The third kappa shape index (κ3) is 3.34. The van der Waals surface area contributed by atoms with Crippen LogP contribution in [0.3, 0.4) is 0 Å². The molecule has 24 heavy (non-hydrogen) atoms. The van der Waals surface area contributed by atoms with Gasteiger partial charge in [0.25, 0.3) is 0 Å². The fourth-order valence-electron chi connectivity index (χ4n) is 2.18. The average molecular weight is 392 g/mol. The number of thiophene rings is 1. The molecule has 0 spiro atoms. The molecule has 0 bridgehead atoms. The summed E-state index contributed by atoms with van der Waals surface area (Å²) in [6, 6.07) is 11.6. The number of anilines is 1. The number of benzene rings is 1. The Morgan fingerprint density at radius 3 is 2.79 bits per heavy atom. The minimum Gasteiger partial charge on any atom is -0.302 e. The molecule has 0 radical (unpaired) electrons. The molecule has 0 unspecified atom stereocenters. The highest BCUT2D eigenvalue weighted by Gasteiger charge is 2.12. The Morgan fingerprint density at radius 2 is 2.00 bits per heavy atom. The van der Waals surface area contributed by atoms with Crippen molar-refractivity contribution in [2.24, 2.45) is 0 Å². The van der Waals surface area contributed by atoms with Gasteiger partial charge in [-0.3, -0.25) is 4.79 Å². The number of halogens is 1. The van der Waals surface area contributed by atoms with E-state index < -0.39 is 0 Å². The van der Waals surface area contributed by atoms with E-state index in [0.29, 0.717) is 5.13 Å². The van der Waals surface area contributed by atoms with Gasteiger partial charge in [-0.05, 0) is 24.3 Å². The van der Waals surface area contributed by atoms with Gasteiger partial charge in [0.05, 0.1) is 31.5 Å². The van der Waals surface area contributed by atoms with Gasteiger partial charge in [-0.1, -0.05) is 35.1 Å². The maximum atomic E-state index is 12.2. The van der Waals surface area contributed by atoms with Crippen LogP contribution in [-0.2, 0) is 11.2 Å². The number of hydrogen-bond acceptors (Lipinski definition) is 6. The lowest BCUT2D eigenvalue weighted by Crippen LogP contribution is -2.14. The summed E-state index contributed by atoms with van der Waals surface area (Å²) in [6.45, 7) is 0. The van der Waals surface area contributed by atoms with Crippen molar-refractivity contribution in [2.45, 2.75) is 6.42 Å². The summed E-state index contributed by atoms with van der Waals surface area (Å²) in [5.74, 6) is -0.116. The monoisotopic (exact) mass is 391 g/mol. The Kier molecular flexibility index (Phi) is 4.32. The van der Waals surface area contributed by atoms with E-state index in [4.69, 9.17) is 11.6 Å². The highest BCUT2D eigenvalue weighted by molar-refractivity contribution is 7.23. The fraction of sp³-hybridized carbons (Fsp3) is 0.0625. The number of fused-ring (bicyclic) bond motifs is 1. The van der Waals surface area contributed by atoms with Gasteiger partial charge in [0.1, 0.15) is 5.01 Å². The highest BCUT2D eigenvalue weighted by Crippen LogP contribution is 2.33. The Hall–Kier alpha value is -1.80. The van der Waals surface area contributed by atoms with Crippen molar-refractivity contribution in [3.8, 4) is 9.88 Å². The molecule has 3 aromatic heterocycles. The highest BCUT2D eigenvalue weighted by atomic mass is 35.5. The van der Waals surface area contributed by atoms with Crippen LogP contribution < -0.4 is 5.32 Å². The van der Waals surface area contributed by atoms with Crippen molar-refractivity contribution in [1.82, 2.24) is 9.97 Å². The summed E-state index contributed by atoms with van der Waals surface area (Å²) < 4.78 is 1.79. The first kappa shape index (κ1) is 15.7. The summed E-state index contributed by atoms with van der Waals surface area (Å²) in [7, 11) is 0. The average Bonchev–Trinajstić information content (AvgIpc) is 3.25. The van der Waals surface area contributed by atoms with E-state index in [1.54, 1.807) is 0 Å². The normalized spacial score (nSPS) is 11.0. The molecule has 0 aliphatic rings. The molecule has 4 rings (SSSR count). The van der Waals surface area contributed by atoms with Crippen LogP contribution in [0.5, 0.6) is 0 Å². The Balaban J connectivity index is 1.45. The van der Waals surface area contributed by atoms with Crippen molar-refractivity contribution in [1.29, 1.82) is 0 Å². The number of para-hydroxylation sites is 1. The summed E-state index contributed by atoms with van der Waals surface area (Å²) in [5, 5.41) is 6.25. The number of rotatable bonds is 4. The second kappa shape index (κ2) is 6.60. The predicted molar refractivity (Wildman–Crippen MR) is 102 cm³/mol. The quantitative estimate of drug-likeness (QED) is 0.512. The molecule has 0 aliphatic heterocycles. The van der Waals surface area contributed by atoms with Crippen LogP contribution in [0.1, 0.15) is 5.69 Å². The first-order chi connectivity index (χ1) is 11.7. The number of nitrogens with zero attached hydrogens (tertiary/aromatic N) is 2. The molecule has 1 N–H and O–H groups in total. The van der Waals surface area contributed by atoms with E-state index >= 15 is 0 Å². The van der Waals surface area contributed by atoms with Gasteiger partial charge in [-0.25, -0.2) is 9.97 Å². The number of thiazole rings is 2. The Morgan fingerprint density at radius 1 is 1.12 bits per heavy atom. The zero-order chi connectivity index (χ0) is 16.5. The zero-order valence-electron chi connectivity index (χ0n) is 12.2. The first-order valence-electron chi connectivity index (χ1n) is 7.03. The van der Waals surface area contributed by atoms with Crippen LogP contribution in [0.2, 0.25) is 4.34 Å². The lowest BCUT2D eigenvalue weighted by molar-refractivity contribution is -0.115. The summed E-state index contributed by atoms with van der Waals surface area (Å²) >= 11 is 10.4. The molecule has 0 fully saturated rings. The molecule has 0 saturated carbocycles. The molecule has 1 aromatic carbocycles. The molecule has 0 saturated heterocycles. The van der Waals surface area contributed by atoms with E-state index in [-0.39, 0.29) is 12.3 Å². The number of amides is 1. The number of carbonyl (C=O) groups excluding carboxylic acids is 1. The lowest BCUT2D eigenvalue weighted by atomic mass is 10.3. The molecule has 0 aliphatic carbocycles. The molecule has 1 amide bonds. The van der Waals surface area contributed by atoms with Crippen LogP contribution >= 0.6 is 45.6 Å². The Labute approximate surface area is 154 Å². The van der Waals surface area contributed by atoms with Crippen molar-refractivity contribution in [2.75, 3.05) is 5.32 Å². The van der Waals surface area contributed by atoms with Gasteiger partial charge in [0.15, 0.2) is 5.13 Å². The van der Waals surface area contributed by atoms with Gasteiger partial charge in [0.2, 0.25) is 5.91 Å². The van der Waals surface area contributed by atoms with E-state index in [0.717, 1.165) is 30.1 Å². The fourth-order valence-corrected chi connectivity index (χ4v) is 5.00. The summed E-state index contributed by atoms with van der Waals surface area (Å²) in [6.07, 6.45) is 0.228. The Bertz CT molecular complexity index is 987.